The number of rotatable bonds is 61. The molecule has 0 radical (unpaired) electrons. The van der Waals surface area contributed by atoms with Gasteiger partial charge in [0.15, 0.2) is 6.10 Å². The highest BCUT2D eigenvalue weighted by Gasteiger charge is 2.16. The molecule has 0 aliphatic carbocycles. The van der Waals surface area contributed by atoms with Crippen molar-refractivity contribution in [2.75, 3.05) is 13.2 Å². The molecule has 0 spiro atoms. The maximum atomic E-state index is 12.3. The van der Waals surface area contributed by atoms with Crippen LogP contribution in [0.25, 0.3) is 0 Å². The molecule has 0 rings (SSSR count). The van der Waals surface area contributed by atoms with Crippen LogP contribution >= 0.6 is 0 Å². The number of carbonyl (C=O) groups excluding carboxylic acids is 2. The highest BCUT2D eigenvalue weighted by molar-refractivity contribution is 5.70. The molecule has 0 saturated carbocycles. The van der Waals surface area contributed by atoms with Gasteiger partial charge in [0.25, 0.3) is 0 Å². The van der Waals surface area contributed by atoms with Gasteiger partial charge < -0.3 is 14.6 Å². The van der Waals surface area contributed by atoms with Gasteiger partial charge in [-0.15, -0.1) is 0 Å². The van der Waals surface area contributed by atoms with Crippen molar-refractivity contribution in [1.82, 2.24) is 0 Å². The van der Waals surface area contributed by atoms with Gasteiger partial charge in [-0.25, -0.2) is 0 Å². The lowest BCUT2D eigenvalue weighted by Gasteiger charge is -2.15. The quantitative estimate of drug-likeness (QED) is 0.0373. The number of esters is 2. The molecule has 74 heavy (non-hydrogen) atoms. The summed E-state index contributed by atoms with van der Waals surface area (Å²) in [6.45, 7) is 4.16. The number of hydrogen-bond acceptors (Lipinski definition) is 5. The zero-order valence-corrected chi connectivity index (χ0v) is 49.6. The summed E-state index contributed by atoms with van der Waals surface area (Å²) in [6, 6.07) is 0. The SMILES string of the molecule is CCCCCCC/C=C\C/C=C\C/C=C\CCCCCCCCCCCCCCCCCCC(=O)OC(CO)COC(=O)CCCCCCCCCCCCCCCCCCC/C=C\C/C=C\CCCCCCC. The van der Waals surface area contributed by atoms with Gasteiger partial charge >= 0.3 is 11.9 Å². The highest BCUT2D eigenvalue weighted by atomic mass is 16.6. The van der Waals surface area contributed by atoms with Crippen molar-refractivity contribution in [1.29, 1.82) is 0 Å². The summed E-state index contributed by atoms with van der Waals surface area (Å²) in [5.74, 6) is -0.574. The number of ether oxygens (including phenoxy) is 2. The first-order chi connectivity index (χ1) is 36.6. The van der Waals surface area contributed by atoms with Crippen LogP contribution in [0.5, 0.6) is 0 Å². The van der Waals surface area contributed by atoms with E-state index < -0.39 is 6.10 Å². The Morgan fingerprint density at radius 1 is 0.311 bits per heavy atom. The van der Waals surface area contributed by atoms with Gasteiger partial charge in [-0.05, 0) is 83.5 Å². The molecule has 0 aromatic rings. The molecule has 0 saturated heterocycles. The largest absolute Gasteiger partial charge is 0.462 e. The number of hydrogen-bond donors (Lipinski definition) is 1. The molecule has 0 aromatic carbocycles. The van der Waals surface area contributed by atoms with Gasteiger partial charge in [-0.3, -0.25) is 9.59 Å². The normalized spacial score (nSPS) is 12.5. The van der Waals surface area contributed by atoms with E-state index in [2.05, 4.69) is 74.6 Å². The molecule has 0 aliphatic rings. The number of carbonyl (C=O) groups is 2. The van der Waals surface area contributed by atoms with Crippen LogP contribution in [0.2, 0.25) is 0 Å². The number of aliphatic hydroxyl groups is 1. The van der Waals surface area contributed by atoms with Crippen molar-refractivity contribution >= 4 is 11.9 Å². The van der Waals surface area contributed by atoms with Crippen molar-refractivity contribution < 1.29 is 24.2 Å². The van der Waals surface area contributed by atoms with E-state index in [1.165, 1.54) is 263 Å². The van der Waals surface area contributed by atoms with Crippen molar-refractivity contribution in [3.8, 4) is 0 Å². The van der Waals surface area contributed by atoms with Crippen molar-refractivity contribution in [2.24, 2.45) is 0 Å². The fourth-order valence-corrected chi connectivity index (χ4v) is 9.83. The van der Waals surface area contributed by atoms with Gasteiger partial charge in [0.2, 0.25) is 0 Å². The molecular weight excluding hydrogens is 909 g/mol. The van der Waals surface area contributed by atoms with Crippen LogP contribution in [0.15, 0.2) is 60.8 Å². The standard InChI is InChI=1S/C69H126O5/c1-3-5-7-9-11-13-15-17-19-21-23-25-27-29-31-33-34-36-38-40-42-44-46-48-50-52-54-56-58-60-62-64-69(72)74-67(65-70)66-73-68(71)63-61-59-57-55-53-51-49-47-45-43-41-39-37-35-32-30-28-26-24-22-20-18-16-14-12-10-8-6-4-2/h15-18,21-24,27,29,67,70H,3-14,19-20,25-26,28,30-66H2,1-2H3/b17-15-,18-16-,23-21-,24-22-,29-27-. The monoisotopic (exact) mass is 1030 g/mol. The molecule has 0 aromatic heterocycles. The third kappa shape index (κ3) is 62.1. The molecule has 0 bridgehead atoms. The molecule has 5 nitrogen and oxygen atoms in total. The first-order valence-corrected chi connectivity index (χ1v) is 32.8. The van der Waals surface area contributed by atoms with Gasteiger partial charge in [-0.2, -0.15) is 0 Å². The van der Waals surface area contributed by atoms with Gasteiger partial charge in [0, 0.05) is 12.8 Å². The van der Waals surface area contributed by atoms with Crippen molar-refractivity contribution in [2.45, 2.75) is 354 Å². The number of unbranched alkanes of at least 4 members (excludes halogenated alkanes) is 43. The molecule has 1 unspecified atom stereocenters. The molecule has 0 aliphatic heterocycles. The summed E-state index contributed by atoms with van der Waals surface area (Å²) in [5, 5.41) is 9.69. The van der Waals surface area contributed by atoms with Gasteiger partial charge in [0.05, 0.1) is 6.61 Å². The van der Waals surface area contributed by atoms with Crippen LogP contribution in [0.1, 0.15) is 348 Å². The van der Waals surface area contributed by atoms with E-state index >= 15 is 0 Å². The van der Waals surface area contributed by atoms with E-state index in [1.807, 2.05) is 0 Å². The summed E-state index contributed by atoms with van der Waals surface area (Å²) >= 11 is 0. The fraction of sp³-hybridized carbons (Fsp3) is 0.826. The lowest BCUT2D eigenvalue weighted by Crippen LogP contribution is -2.28. The third-order valence-corrected chi connectivity index (χ3v) is 14.8. The third-order valence-electron chi connectivity index (χ3n) is 14.8. The first-order valence-electron chi connectivity index (χ1n) is 32.8. The Labute approximate surface area is 461 Å². The Bertz CT molecular complexity index is 1260. The van der Waals surface area contributed by atoms with Gasteiger partial charge in [0.1, 0.15) is 6.61 Å². The van der Waals surface area contributed by atoms with Crippen molar-refractivity contribution in [3.63, 3.8) is 0 Å². The van der Waals surface area contributed by atoms with E-state index in [4.69, 9.17) is 9.47 Å². The summed E-state index contributed by atoms with van der Waals surface area (Å²) < 4.78 is 10.8. The second kappa shape index (κ2) is 64.9. The minimum atomic E-state index is -0.773. The van der Waals surface area contributed by atoms with Gasteiger partial charge in [-0.1, -0.05) is 312 Å². The second-order valence-corrected chi connectivity index (χ2v) is 22.2. The smallest absolute Gasteiger partial charge is 0.306 e. The molecule has 432 valence electrons. The average Bonchev–Trinajstić information content (AvgIpc) is 3.40. The molecule has 0 fully saturated rings. The zero-order valence-electron chi connectivity index (χ0n) is 49.6. The van der Waals surface area contributed by atoms with Crippen LogP contribution in [0.4, 0.5) is 0 Å². The zero-order chi connectivity index (χ0) is 53.4. The topological polar surface area (TPSA) is 72.8 Å². The van der Waals surface area contributed by atoms with E-state index in [9.17, 15) is 14.7 Å². The first kappa shape index (κ1) is 71.6. The van der Waals surface area contributed by atoms with Crippen molar-refractivity contribution in [3.05, 3.63) is 60.8 Å². The molecule has 1 N–H and O–H groups in total. The minimum Gasteiger partial charge on any atom is -0.462 e. The van der Waals surface area contributed by atoms with E-state index in [-0.39, 0.29) is 25.2 Å². The molecule has 0 amide bonds. The molecular formula is C69H126O5. The van der Waals surface area contributed by atoms with E-state index in [1.54, 1.807) is 0 Å². The lowest BCUT2D eigenvalue weighted by molar-refractivity contribution is -0.161. The predicted octanol–water partition coefficient (Wildman–Crippen LogP) is 22.5. The maximum absolute atomic E-state index is 12.3. The fourth-order valence-electron chi connectivity index (χ4n) is 9.83. The molecule has 1 atom stereocenters. The highest BCUT2D eigenvalue weighted by Crippen LogP contribution is 2.18. The number of aliphatic hydroxyl groups excluding tert-OH is 1. The predicted molar refractivity (Wildman–Crippen MR) is 325 cm³/mol. The number of allylic oxidation sites excluding steroid dienone is 10. The average molecular weight is 1040 g/mol. The Morgan fingerprint density at radius 3 is 0.811 bits per heavy atom. The Morgan fingerprint density at radius 2 is 0.541 bits per heavy atom. The van der Waals surface area contributed by atoms with Crippen LogP contribution in [-0.2, 0) is 19.1 Å². The molecule has 0 heterocycles. The summed E-state index contributed by atoms with van der Waals surface area (Å²) in [4.78, 5) is 24.6. The molecule has 5 heteroatoms. The Balaban J connectivity index is 3.43. The summed E-state index contributed by atoms with van der Waals surface area (Å²) in [6.07, 6.45) is 88.0. The lowest BCUT2D eigenvalue weighted by atomic mass is 10.0. The maximum Gasteiger partial charge on any atom is 0.306 e. The van der Waals surface area contributed by atoms with E-state index in [0.29, 0.717) is 12.8 Å². The Kier molecular flexibility index (Phi) is 62.8. The van der Waals surface area contributed by atoms with Crippen LogP contribution in [0, 0.1) is 0 Å². The summed E-state index contributed by atoms with van der Waals surface area (Å²) in [7, 11) is 0. The van der Waals surface area contributed by atoms with Crippen LogP contribution in [-0.4, -0.2) is 36.4 Å². The minimum absolute atomic E-state index is 0.0629. The summed E-state index contributed by atoms with van der Waals surface area (Å²) in [5.41, 5.74) is 0. The van der Waals surface area contributed by atoms with E-state index in [0.717, 1.165) is 57.8 Å². The Hall–Kier alpha value is -2.40. The van der Waals surface area contributed by atoms with Crippen LogP contribution < -0.4 is 0 Å². The second-order valence-electron chi connectivity index (χ2n) is 22.2. The van der Waals surface area contributed by atoms with Crippen LogP contribution in [0.3, 0.4) is 0 Å².